The zero-order chi connectivity index (χ0) is 12.0. The molecule has 1 amide bonds. The molecule has 4 heteroatoms. The second-order valence-corrected chi connectivity index (χ2v) is 4.82. The van der Waals surface area contributed by atoms with Gasteiger partial charge in [-0.2, -0.15) is 0 Å². The second-order valence-electron chi connectivity index (χ2n) is 4.82. The number of amides is 1. The predicted octanol–water partition coefficient (Wildman–Crippen LogP) is 0.442. The highest BCUT2D eigenvalue weighted by atomic mass is 16.1. The van der Waals surface area contributed by atoms with Gasteiger partial charge in [-0.15, -0.1) is 0 Å². The summed E-state index contributed by atoms with van der Waals surface area (Å²) in [7, 11) is 0. The Morgan fingerprint density at radius 3 is 2.50 bits per heavy atom. The number of carbonyl (C=O) groups is 1. The lowest BCUT2D eigenvalue weighted by molar-refractivity contribution is -0.121. The van der Waals surface area contributed by atoms with Crippen LogP contribution < -0.4 is 10.6 Å². The third kappa shape index (κ3) is 4.49. The van der Waals surface area contributed by atoms with Gasteiger partial charge in [-0.3, -0.25) is 9.69 Å². The van der Waals surface area contributed by atoms with Gasteiger partial charge in [-0.25, -0.2) is 0 Å². The van der Waals surface area contributed by atoms with E-state index in [4.69, 9.17) is 0 Å². The van der Waals surface area contributed by atoms with E-state index < -0.39 is 0 Å². The summed E-state index contributed by atoms with van der Waals surface area (Å²) in [5.41, 5.74) is 0. The Labute approximate surface area is 98.8 Å². The molecule has 1 aliphatic rings. The third-order valence-corrected chi connectivity index (χ3v) is 3.14. The summed E-state index contributed by atoms with van der Waals surface area (Å²) in [4.78, 5) is 13.9. The average Bonchev–Trinajstić information content (AvgIpc) is 2.29. The first-order valence-electron chi connectivity index (χ1n) is 6.36. The van der Waals surface area contributed by atoms with E-state index in [1.54, 1.807) is 0 Å². The fourth-order valence-electron chi connectivity index (χ4n) is 1.90. The minimum absolute atomic E-state index is 0.161. The summed E-state index contributed by atoms with van der Waals surface area (Å²) >= 11 is 0. The molecular formula is C12H25N3O. The normalized spacial score (nSPS) is 19.8. The number of hydrogen-bond donors (Lipinski definition) is 2. The number of rotatable bonds is 5. The zero-order valence-electron chi connectivity index (χ0n) is 10.8. The average molecular weight is 227 g/mol. The van der Waals surface area contributed by atoms with Gasteiger partial charge >= 0.3 is 0 Å². The SMILES string of the molecule is CCC(=O)N[C@H](CN1CCNCC1)C(C)C. The van der Waals surface area contributed by atoms with Gasteiger partial charge in [0.25, 0.3) is 0 Å². The van der Waals surface area contributed by atoms with Crippen LogP contribution in [0, 0.1) is 5.92 Å². The summed E-state index contributed by atoms with van der Waals surface area (Å²) in [5.74, 6) is 0.652. The van der Waals surface area contributed by atoms with Gasteiger partial charge in [-0.1, -0.05) is 20.8 Å². The fraction of sp³-hybridized carbons (Fsp3) is 0.917. The highest BCUT2D eigenvalue weighted by molar-refractivity contribution is 5.75. The van der Waals surface area contributed by atoms with Crippen molar-refractivity contribution in [1.29, 1.82) is 0 Å². The molecule has 1 atom stereocenters. The van der Waals surface area contributed by atoms with Crippen molar-refractivity contribution in [3.8, 4) is 0 Å². The van der Waals surface area contributed by atoms with Gasteiger partial charge in [0, 0.05) is 45.2 Å². The molecule has 0 unspecified atom stereocenters. The molecule has 94 valence electrons. The van der Waals surface area contributed by atoms with Crippen LogP contribution in [0.5, 0.6) is 0 Å². The number of nitrogens with one attached hydrogen (secondary N) is 2. The van der Waals surface area contributed by atoms with Crippen LogP contribution in [-0.4, -0.2) is 49.6 Å². The number of hydrogen-bond acceptors (Lipinski definition) is 3. The van der Waals surface area contributed by atoms with E-state index in [0.29, 0.717) is 12.3 Å². The quantitative estimate of drug-likeness (QED) is 0.716. The molecule has 0 saturated carbocycles. The van der Waals surface area contributed by atoms with E-state index in [-0.39, 0.29) is 11.9 Å². The van der Waals surface area contributed by atoms with Crippen LogP contribution in [0.3, 0.4) is 0 Å². The summed E-state index contributed by atoms with van der Waals surface area (Å²) < 4.78 is 0. The van der Waals surface area contributed by atoms with Crippen molar-refractivity contribution < 1.29 is 4.79 Å². The van der Waals surface area contributed by atoms with Crippen molar-refractivity contribution in [3.63, 3.8) is 0 Å². The Morgan fingerprint density at radius 1 is 1.38 bits per heavy atom. The van der Waals surface area contributed by atoms with Crippen LogP contribution in [-0.2, 0) is 4.79 Å². The van der Waals surface area contributed by atoms with Gasteiger partial charge < -0.3 is 10.6 Å². The monoisotopic (exact) mass is 227 g/mol. The minimum atomic E-state index is 0.161. The van der Waals surface area contributed by atoms with Crippen LogP contribution in [0.2, 0.25) is 0 Å². The Balaban J connectivity index is 2.40. The van der Waals surface area contributed by atoms with Crippen molar-refractivity contribution in [2.24, 2.45) is 5.92 Å². The molecule has 1 rings (SSSR count). The van der Waals surface area contributed by atoms with Gasteiger partial charge in [0.1, 0.15) is 0 Å². The Kier molecular flexibility index (Phi) is 5.77. The van der Waals surface area contributed by atoms with Crippen molar-refractivity contribution in [3.05, 3.63) is 0 Å². The Morgan fingerprint density at radius 2 is 2.00 bits per heavy atom. The molecule has 0 aromatic heterocycles. The van der Waals surface area contributed by atoms with Crippen LogP contribution in [0.25, 0.3) is 0 Å². The number of carbonyl (C=O) groups excluding carboxylic acids is 1. The molecule has 16 heavy (non-hydrogen) atoms. The molecule has 0 aliphatic carbocycles. The van der Waals surface area contributed by atoms with E-state index >= 15 is 0 Å². The maximum Gasteiger partial charge on any atom is 0.219 e. The molecule has 0 spiro atoms. The van der Waals surface area contributed by atoms with Gasteiger partial charge in [0.15, 0.2) is 0 Å². The second kappa shape index (κ2) is 6.86. The first-order chi connectivity index (χ1) is 7.63. The molecule has 0 radical (unpaired) electrons. The summed E-state index contributed by atoms with van der Waals surface area (Å²) in [6.07, 6.45) is 0.574. The molecule has 0 aromatic carbocycles. The topological polar surface area (TPSA) is 44.4 Å². The summed E-state index contributed by atoms with van der Waals surface area (Å²) in [6, 6.07) is 0.283. The maximum atomic E-state index is 11.4. The summed E-state index contributed by atoms with van der Waals surface area (Å²) in [6.45, 7) is 11.5. The van der Waals surface area contributed by atoms with E-state index in [1.165, 1.54) is 0 Å². The van der Waals surface area contributed by atoms with Gasteiger partial charge in [-0.05, 0) is 5.92 Å². The molecular weight excluding hydrogens is 202 g/mol. The van der Waals surface area contributed by atoms with Crippen molar-refractivity contribution in [2.45, 2.75) is 33.2 Å². The van der Waals surface area contributed by atoms with Gasteiger partial charge in [0.05, 0.1) is 0 Å². The molecule has 1 aliphatic heterocycles. The number of piperazine rings is 1. The van der Waals surface area contributed by atoms with Crippen LogP contribution >= 0.6 is 0 Å². The maximum absolute atomic E-state index is 11.4. The zero-order valence-corrected chi connectivity index (χ0v) is 10.8. The Hall–Kier alpha value is -0.610. The minimum Gasteiger partial charge on any atom is -0.352 e. The smallest absolute Gasteiger partial charge is 0.219 e. The molecule has 1 heterocycles. The molecule has 1 saturated heterocycles. The molecule has 2 N–H and O–H groups in total. The molecule has 0 aromatic rings. The van der Waals surface area contributed by atoms with Crippen LogP contribution in [0.4, 0.5) is 0 Å². The van der Waals surface area contributed by atoms with Crippen LogP contribution in [0.15, 0.2) is 0 Å². The summed E-state index contributed by atoms with van der Waals surface area (Å²) in [5, 5.41) is 6.45. The van der Waals surface area contributed by atoms with E-state index in [1.807, 2.05) is 6.92 Å². The van der Waals surface area contributed by atoms with E-state index in [0.717, 1.165) is 32.7 Å². The lowest BCUT2D eigenvalue weighted by Gasteiger charge is -2.32. The lowest BCUT2D eigenvalue weighted by Crippen LogP contribution is -2.51. The lowest BCUT2D eigenvalue weighted by atomic mass is 10.0. The fourth-order valence-corrected chi connectivity index (χ4v) is 1.90. The third-order valence-electron chi connectivity index (χ3n) is 3.14. The first kappa shape index (κ1) is 13.5. The van der Waals surface area contributed by atoms with Crippen molar-refractivity contribution in [2.75, 3.05) is 32.7 Å². The number of nitrogens with zero attached hydrogens (tertiary/aromatic N) is 1. The predicted molar refractivity (Wildman–Crippen MR) is 66.4 cm³/mol. The van der Waals surface area contributed by atoms with Crippen molar-refractivity contribution in [1.82, 2.24) is 15.5 Å². The Bertz CT molecular complexity index is 212. The molecule has 1 fully saturated rings. The van der Waals surface area contributed by atoms with E-state index in [9.17, 15) is 4.79 Å². The standard InChI is InChI=1S/C12H25N3O/c1-4-12(16)14-11(10(2)3)9-15-7-5-13-6-8-15/h10-11,13H,4-9H2,1-3H3,(H,14,16)/t11-/m1/s1. The first-order valence-corrected chi connectivity index (χ1v) is 6.36. The van der Waals surface area contributed by atoms with E-state index in [2.05, 4.69) is 29.4 Å². The highest BCUT2D eigenvalue weighted by Gasteiger charge is 2.20. The van der Waals surface area contributed by atoms with Crippen molar-refractivity contribution >= 4 is 5.91 Å². The largest absolute Gasteiger partial charge is 0.352 e. The highest BCUT2D eigenvalue weighted by Crippen LogP contribution is 2.05. The molecule has 4 nitrogen and oxygen atoms in total. The van der Waals surface area contributed by atoms with Crippen LogP contribution in [0.1, 0.15) is 27.2 Å². The molecule has 0 bridgehead atoms. The van der Waals surface area contributed by atoms with Gasteiger partial charge in [0.2, 0.25) is 5.91 Å².